The summed E-state index contributed by atoms with van der Waals surface area (Å²) in [6.45, 7) is 0. The summed E-state index contributed by atoms with van der Waals surface area (Å²) in [5.74, 6) is -5.09. The molecule has 0 radical (unpaired) electrons. The summed E-state index contributed by atoms with van der Waals surface area (Å²) < 4.78 is 82.5. The van der Waals surface area contributed by atoms with Crippen molar-refractivity contribution >= 4 is 7.82 Å². The van der Waals surface area contributed by atoms with Crippen molar-refractivity contribution < 1.29 is 40.1 Å². The van der Waals surface area contributed by atoms with Gasteiger partial charge in [-0.15, -0.1) is 0 Å². The van der Waals surface area contributed by atoms with Crippen molar-refractivity contribution in [3.63, 3.8) is 0 Å². The van der Waals surface area contributed by atoms with Crippen LogP contribution in [-0.2, 0) is 18.1 Å². The molecule has 15 heavy (non-hydrogen) atoms. The summed E-state index contributed by atoms with van der Waals surface area (Å²) in [7, 11) is -3.12. The fourth-order valence-corrected chi connectivity index (χ4v) is 1.13. The zero-order chi connectivity index (χ0) is 12.3. The van der Waals surface area contributed by atoms with Crippen LogP contribution < -0.4 is 0 Å². The van der Waals surface area contributed by atoms with Crippen LogP contribution in [0.2, 0.25) is 0 Å². The Morgan fingerprint density at radius 3 is 1.80 bits per heavy atom. The Morgan fingerprint density at radius 1 is 1.13 bits per heavy atom. The molecule has 0 heterocycles. The number of hydrogen-bond donors (Lipinski definition) is 0. The van der Waals surface area contributed by atoms with E-state index in [0.717, 1.165) is 14.2 Å². The van der Waals surface area contributed by atoms with Gasteiger partial charge in [-0.2, -0.15) is 8.78 Å². The Morgan fingerprint density at radius 2 is 1.53 bits per heavy atom. The quantitative estimate of drug-likeness (QED) is 0.542. The van der Waals surface area contributed by atoms with E-state index in [4.69, 9.17) is 0 Å². The first-order valence-electron chi connectivity index (χ1n) is 3.39. The monoisotopic (exact) mass is 258 g/mol. The summed E-state index contributed by atoms with van der Waals surface area (Å²) in [6.07, 6.45) is -8.09. The highest BCUT2D eigenvalue weighted by Gasteiger charge is 2.53. The van der Waals surface area contributed by atoms with E-state index in [2.05, 4.69) is 13.6 Å². The summed E-state index contributed by atoms with van der Waals surface area (Å²) in [5, 5.41) is 0. The van der Waals surface area contributed by atoms with Gasteiger partial charge in [-0.1, -0.05) is 0 Å². The van der Waals surface area contributed by atoms with Gasteiger partial charge in [-0.05, 0) is 0 Å². The molecule has 0 aliphatic carbocycles. The lowest BCUT2D eigenvalue weighted by Crippen LogP contribution is -2.38. The van der Waals surface area contributed by atoms with Gasteiger partial charge in [0, 0.05) is 14.2 Å². The fraction of sp³-hybridized carbons (Fsp3) is 1.00. The van der Waals surface area contributed by atoms with Gasteiger partial charge < -0.3 is 0 Å². The molecule has 0 aliphatic heterocycles. The van der Waals surface area contributed by atoms with Gasteiger partial charge >= 0.3 is 20.2 Å². The van der Waals surface area contributed by atoms with Crippen molar-refractivity contribution in [2.75, 3.05) is 14.2 Å². The molecule has 0 fully saturated rings. The third-order valence-corrected chi connectivity index (χ3v) is 2.60. The molecule has 10 heteroatoms. The van der Waals surface area contributed by atoms with Gasteiger partial charge in [0.2, 0.25) is 0 Å². The van der Waals surface area contributed by atoms with Crippen LogP contribution >= 0.6 is 7.82 Å². The number of phosphoric acid groups is 1. The first kappa shape index (κ1) is 14.8. The number of phosphoric ester groups is 1. The van der Waals surface area contributed by atoms with E-state index in [9.17, 15) is 26.5 Å². The van der Waals surface area contributed by atoms with Crippen LogP contribution in [0.5, 0.6) is 0 Å². The molecule has 0 aromatic carbocycles. The minimum atomic E-state index is -5.09. The Hall–Kier alpha value is -0.240. The smallest absolute Gasteiger partial charge is 0.290 e. The molecule has 92 valence electrons. The van der Waals surface area contributed by atoms with Crippen molar-refractivity contribution in [2.24, 2.45) is 0 Å². The molecule has 0 saturated carbocycles. The lowest BCUT2D eigenvalue weighted by molar-refractivity contribution is -0.225. The molecule has 0 rings (SSSR count). The van der Waals surface area contributed by atoms with Crippen LogP contribution in [0.3, 0.4) is 0 Å². The second-order valence-electron chi connectivity index (χ2n) is 2.21. The van der Waals surface area contributed by atoms with Crippen molar-refractivity contribution in [2.45, 2.75) is 18.7 Å². The molecular weight excluding hydrogens is 250 g/mol. The normalized spacial score (nSPS) is 15.7. The van der Waals surface area contributed by atoms with Gasteiger partial charge in [0.1, 0.15) is 0 Å². The molecule has 0 amide bonds. The number of halogens is 5. The molecule has 0 aromatic heterocycles. The lowest BCUT2D eigenvalue weighted by Gasteiger charge is -2.22. The lowest BCUT2D eigenvalue weighted by atomic mass is 10.4. The third-order valence-electron chi connectivity index (χ3n) is 1.26. The zero-order valence-corrected chi connectivity index (χ0v) is 8.52. The number of rotatable bonds is 6. The molecule has 0 bridgehead atoms. The van der Waals surface area contributed by atoms with Gasteiger partial charge in [-0.3, -0.25) is 9.05 Å². The van der Waals surface area contributed by atoms with E-state index in [1.165, 1.54) is 0 Å². The molecule has 0 spiro atoms. The second kappa shape index (κ2) is 5.20. The molecule has 0 aliphatic rings. The predicted octanol–water partition coefficient (Wildman–Crippen LogP) is 2.60. The van der Waals surface area contributed by atoms with E-state index in [1.54, 1.807) is 0 Å². The standard InChI is InChI=1S/C5H8F5O4P/c1-12-15(11,13-2)14-4(8)5(9,10)3(6)7/h3-4H,1-2H3. The minimum absolute atomic E-state index is 0.720. The van der Waals surface area contributed by atoms with Crippen LogP contribution in [-0.4, -0.2) is 32.9 Å². The fourth-order valence-electron chi connectivity index (χ4n) is 0.443. The maximum atomic E-state index is 12.5. The second-order valence-corrected chi connectivity index (χ2v) is 4.04. The summed E-state index contributed by atoms with van der Waals surface area (Å²) in [4.78, 5) is 0. The summed E-state index contributed by atoms with van der Waals surface area (Å²) in [5.41, 5.74) is 0. The SMILES string of the molecule is COP(=O)(OC)OC(F)C(F)(F)C(F)F. The molecular formula is C5H8F5O4P. The first-order valence-corrected chi connectivity index (χ1v) is 4.85. The van der Waals surface area contributed by atoms with Crippen LogP contribution in [0.25, 0.3) is 0 Å². The summed E-state index contributed by atoms with van der Waals surface area (Å²) >= 11 is 0. The Labute approximate surface area is 81.9 Å². The Kier molecular flexibility index (Phi) is 5.12. The van der Waals surface area contributed by atoms with Gasteiger partial charge in [0.05, 0.1) is 0 Å². The van der Waals surface area contributed by atoms with Crippen molar-refractivity contribution in [1.82, 2.24) is 0 Å². The average molecular weight is 258 g/mol. The highest BCUT2D eigenvalue weighted by Crippen LogP contribution is 2.51. The maximum absolute atomic E-state index is 12.5. The van der Waals surface area contributed by atoms with E-state index in [1.807, 2.05) is 0 Å². The van der Waals surface area contributed by atoms with Crippen LogP contribution in [0, 0.1) is 0 Å². The van der Waals surface area contributed by atoms with Crippen molar-refractivity contribution in [1.29, 1.82) is 0 Å². The molecule has 4 nitrogen and oxygen atoms in total. The minimum Gasteiger partial charge on any atom is -0.290 e. The summed E-state index contributed by atoms with van der Waals surface area (Å²) in [6, 6.07) is 0. The zero-order valence-electron chi connectivity index (χ0n) is 7.62. The molecule has 0 saturated heterocycles. The number of alkyl halides is 5. The molecule has 1 unspecified atom stereocenters. The van der Waals surface area contributed by atoms with E-state index < -0.39 is 26.5 Å². The van der Waals surface area contributed by atoms with Crippen molar-refractivity contribution in [3.05, 3.63) is 0 Å². The van der Waals surface area contributed by atoms with Gasteiger partial charge in [-0.25, -0.2) is 22.3 Å². The van der Waals surface area contributed by atoms with E-state index in [0.29, 0.717) is 0 Å². The van der Waals surface area contributed by atoms with Crippen molar-refractivity contribution in [3.8, 4) is 0 Å². The van der Waals surface area contributed by atoms with E-state index in [-0.39, 0.29) is 0 Å². The van der Waals surface area contributed by atoms with Gasteiger partial charge in [0.25, 0.3) is 6.36 Å². The predicted molar refractivity (Wildman–Crippen MR) is 38.6 cm³/mol. The average Bonchev–Trinajstić information content (AvgIpc) is 2.17. The Balaban J connectivity index is 4.62. The highest BCUT2D eigenvalue weighted by molar-refractivity contribution is 7.48. The maximum Gasteiger partial charge on any atom is 0.477 e. The molecule has 0 N–H and O–H groups in total. The molecule has 1 atom stereocenters. The largest absolute Gasteiger partial charge is 0.477 e. The van der Waals surface area contributed by atoms with Crippen LogP contribution in [0.4, 0.5) is 22.0 Å². The third kappa shape index (κ3) is 3.67. The van der Waals surface area contributed by atoms with Gasteiger partial charge in [0.15, 0.2) is 0 Å². The van der Waals surface area contributed by atoms with Crippen LogP contribution in [0.1, 0.15) is 0 Å². The Bertz CT molecular complexity index is 240. The van der Waals surface area contributed by atoms with Crippen LogP contribution in [0.15, 0.2) is 0 Å². The molecule has 0 aromatic rings. The highest BCUT2D eigenvalue weighted by atomic mass is 31.2. The van der Waals surface area contributed by atoms with E-state index >= 15 is 0 Å². The topological polar surface area (TPSA) is 44.8 Å². The number of hydrogen-bond acceptors (Lipinski definition) is 4. The first-order chi connectivity index (χ1) is 6.69.